The van der Waals surface area contributed by atoms with Crippen molar-refractivity contribution in [2.24, 2.45) is 5.41 Å². The third kappa shape index (κ3) is 1.26. The third-order valence-electron chi connectivity index (χ3n) is 3.33. The van der Waals surface area contributed by atoms with Crippen molar-refractivity contribution in [2.75, 3.05) is 24.7 Å². The summed E-state index contributed by atoms with van der Waals surface area (Å²) in [6.07, 6.45) is 1.10. The molecule has 2 aliphatic rings. The fourth-order valence-electron chi connectivity index (χ4n) is 2.17. The van der Waals surface area contributed by atoms with Crippen LogP contribution in [0.3, 0.4) is 0 Å². The smallest absolute Gasteiger partial charge is 0.312 e. The van der Waals surface area contributed by atoms with Crippen molar-refractivity contribution in [1.29, 1.82) is 0 Å². The van der Waals surface area contributed by atoms with Crippen LogP contribution in [0.25, 0.3) is 0 Å². The van der Waals surface area contributed by atoms with Crippen LogP contribution in [-0.2, 0) is 9.53 Å². The lowest BCUT2D eigenvalue weighted by Gasteiger charge is -2.50. The zero-order valence-electron chi connectivity index (χ0n) is 7.86. The van der Waals surface area contributed by atoms with E-state index in [1.165, 1.54) is 0 Å². The maximum atomic E-state index is 11.3. The Balaban J connectivity index is 2.24. The summed E-state index contributed by atoms with van der Waals surface area (Å²) in [6.45, 7) is 0.341. The molecule has 0 amide bonds. The predicted octanol–water partition coefficient (Wildman–Crippen LogP) is 0.346. The SMILES string of the molecule is O=C(O)C1(C2(O)COC2)CCSCC1. The summed E-state index contributed by atoms with van der Waals surface area (Å²) >= 11 is 1.75. The summed E-state index contributed by atoms with van der Waals surface area (Å²) in [5, 5.41) is 19.4. The second-order valence-corrected chi connectivity index (χ2v) is 5.25. The first-order valence-electron chi connectivity index (χ1n) is 4.72. The van der Waals surface area contributed by atoms with Crippen LogP contribution in [0.5, 0.6) is 0 Å². The van der Waals surface area contributed by atoms with Gasteiger partial charge >= 0.3 is 5.97 Å². The minimum atomic E-state index is -1.13. The molecule has 2 heterocycles. The van der Waals surface area contributed by atoms with Gasteiger partial charge in [-0.2, -0.15) is 11.8 Å². The molecule has 0 aromatic heterocycles. The zero-order valence-corrected chi connectivity index (χ0v) is 8.68. The molecule has 2 N–H and O–H groups in total. The van der Waals surface area contributed by atoms with Crippen molar-refractivity contribution in [2.45, 2.75) is 18.4 Å². The summed E-state index contributed by atoms with van der Waals surface area (Å²) in [6, 6.07) is 0. The van der Waals surface area contributed by atoms with Crippen molar-refractivity contribution < 1.29 is 19.7 Å². The first kappa shape index (κ1) is 10.3. The molecule has 0 atom stereocenters. The molecule has 2 aliphatic heterocycles. The summed E-state index contributed by atoms with van der Waals surface area (Å²) < 4.78 is 4.95. The average molecular weight is 218 g/mol. The van der Waals surface area contributed by atoms with Gasteiger partial charge < -0.3 is 14.9 Å². The number of ether oxygens (including phenoxy) is 1. The molecule has 2 fully saturated rings. The number of hydrogen-bond donors (Lipinski definition) is 2. The Morgan fingerprint density at radius 3 is 2.21 bits per heavy atom. The van der Waals surface area contributed by atoms with Crippen molar-refractivity contribution in [3.05, 3.63) is 0 Å². The number of carboxylic acids is 1. The van der Waals surface area contributed by atoms with E-state index in [2.05, 4.69) is 0 Å². The molecule has 0 aliphatic carbocycles. The van der Waals surface area contributed by atoms with Gasteiger partial charge in [-0.3, -0.25) is 4.79 Å². The Morgan fingerprint density at radius 1 is 1.29 bits per heavy atom. The van der Waals surface area contributed by atoms with E-state index in [9.17, 15) is 15.0 Å². The van der Waals surface area contributed by atoms with Gasteiger partial charge in [0.25, 0.3) is 0 Å². The van der Waals surface area contributed by atoms with Crippen LogP contribution in [0.15, 0.2) is 0 Å². The zero-order chi connectivity index (χ0) is 10.2. The lowest BCUT2D eigenvalue weighted by Crippen LogP contribution is -2.65. The molecular weight excluding hydrogens is 204 g/mol. The first-order chi connectivity index (χ1) is 6.61. The highest BCUT2D eigenvalue weighted by atomic mass is 32.2. The van der Waals surface area contributed by atoms with E-state index in [1.54, 1.807) is 11.8 Å². The largest absolute Gasteiger partial charge is 0.481 e. The van der Waals surface area contributed by atoms with Crippen molar-refractivity contribution in [1.82, 2.24) is 0 Å². The molecule has 4 nitrogen and oxygen atoms in total. The lowest BCUT2D eigenvalue weighted by atomic mass is 9.66. The quantitative estimate of drug-likeness (QED) is 0.700. The molecule has 0 aromatic carbocycles. The number of thioether (sulfide) groups is 1. The second kappa shape index (κ2) is 3.40. The lowest BCUT2D eigenvalue weighted by molar-refractivity contribution is -0.246. The maximum absolute atomic E-state index is 11.3. The molecule has 0 saturated carbocycles. The summed E-state index contributed by atoms with van der Waals surface area (Å²) in [7, 11) is 0. The van der Waals surface area contributed by atoms with Crippen LogP contribution in [0.2, 0.25) is 0 Å². The highest BCUT2D eigenvalue weighted by Gasteiger charge is 2.60. The van der Waals surface area contributed by atoms with Crippen LogP contribution >= 0.6 is 11.8 Å². The Morgan fingerprint density at radius 2 is 1.86 bits per heavy atom. The Bertz CT molecular complexity index is 243. The van der Waals surface area contributed by atoms with Gasteiger partial charge in [-0.25, -0.2) is 0 Å². The first-order valence-corrected chi connectivity index (χ1v) is 5.87. The second-order valence-electron chi connectivity index (χ2n) is 4.02. The number of hydrogen-bond acceptors (Lipinski definition) is 4. The molecule has 0 radical (unpaired) electrons. The normalized spacial score (nSPS) is 29.2. The summed E-state index contributed by atoms with van der Waals surface area (Å²) in [5.41, 5.74) is -2.09. The summed E-state index contributed by atoms with van der Waals surface area (Å²) in [4.78, 5) is 11.3. The Labute approximate surface area is 86.6 Å². The fourth-order valence-corrected chi connectivity index (χ4v) is 3.36. The fraction of sp³-hybridized carbons (Fsp3) is 0.889. The Hall–Kier alpha value is -0.260. The molecule has 0 bridgehead atoms. The van der Waals surface area contributed by atoms with Gasteiger partial charge in [0.15, 0.2) is 0 Å². The third-order valence-corrected chi connectivity index (χ3v) is 4.31. The molecule has 2 rings (SSSR count). The topological polar surface area (TPSA) is 66.8 Å². The number of carboxylic acid groups (broad SMARTS) is 1. The predicted molar refractivity (Wildman–Crippen MR) is 52.4 cm³/mol. The van der Waals surface area contributed by atoms with Crippen LogP contribution in [0, 0.1) is 5.41 Å². The number of carbonyl (C=O) groups is 1. The highest BCUT2D eigenvalue weighted by Crippen LogP contribution is 2.47. The maximum Gasteiger partial charge on any atom is 0.312 e. The molecule has 0 aromatic rings. The van der Waals surface area contributed by atoms with E-state index in [-0.39, 0.29) is 13.2 Å². The Kier molecular flexibility index (Phi) is 2.49. The number of aliphatic hydroxyl groups is 1. The van der Waals surface area contributed by atoms with Gasteiger partial charge in [-0.1, -0.05) is 0 Å². The van der Waals surface area contributed by atoms with Crippen molar-refractivity contribution in [3.63, 3.8) is 0 Å². The van der Waals surface area contributed by atoms with Crippen molar-refractivity contribution in [3.8, 4) is 0 Å². The van der Waals surface area contributed by atoms with Gasteiger partial charge in [0.2, 0.25) is 0 Å². The molecule has 80 valence electrons. The van der Waals surface area contributed by atoms with Crippen molar-refractivity contribution >= 4 is 17.7 Å². The summed E-state index contributed by atoms with van der Waals surface area (Å²) in [5.74, 6) is 0.757. The minimum absolute atomic E-state index is 0.171. The van der Waals surface area contributed by atoms with E-state index < -0.39 is 17.0 Å². The van der Waals surface area contributed by atoms with E-state index >= 15 is 0 Å². The van der Waals surface area contributed by atoms with Gasteiger partial charge in [0, 0.05) is 0 Å². The minimum Gasteiger partial charge on any atom is -0.481 e. The van der Waals surface area contributed by atoms with Crippen LogP contribution in [0.4, 0.5) is 0 Å². The van der Waals surface area contributed by atoms with E-state index in [4.69, 9.17) is 4.74 Å². The van der Waals surface area contributed by atoms with Gasteiger partial charge in [-0.15, -0.1) is 0 Å². The molecular formula is C9H14O4S. The van der Waals surface area contributed by atoms with E-state index in [0.29, 0.717) is 12.8 Å². The molecule has 5 heteroatoms. The highest BCUT2D eigenvalue weighted by molar-refractivity contribution is 7.99. The van der Waals surface area contributed by atoms with Crippen LogP contribution in [0.1, 0.15) is 12.8 Å². The molecule has 2 saturated heterocycles. The number of aliphatic carboxylic acids is 1. The average Bonchev–Trinajstić information content (AvgIpc) is 2.15. The van der Waals surface area contributed by atoms with Crippen LogP contribution in [-0.4, -0.2) is 46.5 Å². The standard InChI is InChI=1S/C9H14O4S/c10-7(11)8(1-3-14-4-2-8)9(12)5-13-6-9/h12H,1-6H2,(H,10,11). The molecule has 0 unspecified atom stereocenters. The van der Waals surface area contributed by atoms with Crippen LogP contribution < -0.4 is 0 Å². The van der Waals surface area contributed by atoms with Gasteiger partial charge in [0.1, 0.15) is 11.0 Å². The molecule has 0 spiro atoms. The van der Waals surface area contributed by atoms with Gasteiger partial charge in [-0.05, 0) is 24.3 Å². The number of rotatable bonds is 2. The monoisotopic (exact) mass is 218 g/mol. The van der Waals surface area contributed by atoms with Gasteiger partial charge in [0.05, 0.1) is 13.2 Å². The molecule has 14 heavy (non-hydrogen) atoms. The van der Waals surface area contributed by atoms with E-state index in [1.807, 2.05) is 0 Å². The van der Waals surface area contributed by atoms with E-state index in [0.717, 1.165) is 11.5 Å².